The third-order valence-electron chi connectivity index (χ3n) is 4.19. The first-order chi connectivity index (χ1) is 14.3. The van der Waals surface area contributed by atoms with Gasteiger partial charge in [0.15, 0.2) is 14.6 Å². The molecule has 0 fully saturated rings. The van der Waals surface area contributed by atoms with Gasteiger partial charge < -0.3 is 9.30 Å². The van der Waals surface area contributed by atoms with Gasteiger partial charge in [0, 0.05) is 12.3 Å². The van der Waals surface area contributed by atoms with Crippen LogP contribution in [0.5, 0.6) is 5.75 Å². The zero-order valence-corrected chi connectivity index (χ0v) is 18.9. The molecule has 10 heteroatoms. The number of hydrogen-bond donors (Lipinski definition) is 0. The van der Waals surface area contributed by atoms with Gasteiger partial charge >= 0.3 is 0 Å². The molecule has 1 aromatic heterocycles. The fourth-order valence-corrected chi connectivity index (χ4v) is 5.39. The number of nitrogens with zero attached hydrogens (tertiary/aromatic N) is 2. The van der Waals surface area contributed by atoms with Crippen LogP contribution >= 0.6 is 23.1 Å². The molecule has 3 rings (SSSR count). The molecule has 2 aromatic carbocycles. The van der Waals surface area contributed by atoms with E-state index in [-0.39, 0.29) is 4.90 Å². The zero-order valence-electron chi connectivity index (χ0n) is 16.5. The summed E-state index contributed by atoms with van der Waals surface area (Å²) in [5, 5.41) is 0. The molecule has 0 bridgehead atoms. The number of amides is 1. The van der Waals surface area contributed by atoms with Crippen molar-refractivity contribution in [2.75, 3.05) is 24.4 Å². The van der Waals surface area contributed by atoms with E-state index in [1.54, 1.807) is 11.8 Å². The van der Waals surface area contributed by atoms with E-state index in [9.17, 15) is 17.6 Å². The lowest BCUT2D eigenvalue weighted by Gasteiger charge is -2.05. The molecule has 30 heavy (non-hydrogen) atoms. The molecule has 6 nitrogen and oxygen atoms in total. The van der Waals surface area contributed by atoms with E-state index >= 15 is 0 Å². The van der Waals surface area contributed by atoms with Crippen molar-refractivity contribution in [1.82, 2.24) is 4.57 Å². The van der Waals surface area contributed by atoms with E-state index in [1.807, 2.05) is 35.9 Å². The molecule has 0 spiro atoms. The van der Waals surface area contributed by atoms with E-state index in [0.29, 0.717) is 18.0 Å². The maximum absolute atomic E-state index is 13.1. The largest absolute Gasteiger partial charge is 0.494 e. The molecule has 1 amide bonds. The number of sulfone groups is 1. The van der Waals surface area contributed by atoms with Crippen LogP contribution in [0.15, 0.2) is 52.4 Å². The molecule has 0 radical (unpaired) electrons. The highest BCUT2D eigenvalue weighted by atomic mass is 32.2. The van der Waals surface area contributed by atoms with Crippen LogP contribution in [0.4, 0.5) is 4.39 Å². The minimum atomic E-state index is -3.91. The van der Waals surface area contributed by atoms with Gasteiger partial charge in [-0.15, -0.1) is 0 Å². The Balaban J connectivity index is 1.96. The number of hydrogen-bond acceptors (Lipinski definition) is 6. The van der Waals surface area contributed by atoms with Gasteiger partial charge in [-0.2, -0.15) is 16.8 Å². The van der Waals surface area contributed by atoms with Gasteiger partial charge in [0.2, 0.25) is 0 Å². The highest BCUT2D eigenvalue weighted by Crippen LogP contribution is 2.24. The Morgan fingerprint density at radius 2 is 1.97 bits per heavy atom. The third-order valence-corrected chi connectivity index (χ3v) is 7.44. The lowest BCUT2D eigenvalue weighted by molar-refractivity contribution is -0.115. The van der Waals surface area contributed by atoms with E-state index in [1.165, 1.54) is 11.3 Å². The molecule has 0 saturated heterocycles. The molecular formula is C20H21FN2O4S3. The Kier molecular flexibility index (Phi) is 7.32. The third kappa shape index (κ3) is 5.30. The van der Waals surface area contributed by atoms with Crippen LogP contribution in [0, 0.1) is 5.82 Å². The van der Waals surface area contributed by atoms with E-state index in [4.69, 9.17) is 4.74 Å². The number of halogens is 1. The summed E-state index contributed by atoms with van der Waals surface area (Å²) < 4.78 is 46.3. The Hall–Kier alpha value is -2.17. The first-order valence-corrected chi connectivity index (χ1v) is 13.0. The van der Waals surface area contributed by atoms with Crippen molar-refractivity contribution in [3.05, 3.63) is 53.1 Å². The van der Waals surface area contributed by atoms with Gasteiger partial charge in [0.25, 0.3) is 5.91 Å². The summed E-state index contributed by atoms with van der Waals surface area (Å²) >= 11 is 2.97. The average Bonchev–Trinajstić information content (AvgIpc) is 3.02. The number of carbonyl (C=O) groups excluding carboxylic acids is 1. The lowest BCUT2D eigenvalue weighted by Crippen LogP contribution is -2.21. The fraction of sp³-hybridized carbons (Fsp3) is 0.300. The maximum Gasteiger partial charge on any atom is 0.263 e. The monoisotopic (exact) mass is 468 g/mol. The summed E-state index contributed by atoms with van der Waals surface area (Å²) in [6, 6.07) is 10.0. The quantitative estimate of drug-likeness (QED) is 0.473. The zero-order chi connectivity index (χ0) is 21.7. The van der Waals surface area contributed by atoms with Crippen molar-refractivity contribution in [1.29, 1.82) is 0 Å². The Morgan fingerprint density at radius 3 is 2.63 bits per heavy atom. The average molecular weight is 469 g/mol. The first-order valence-electron chi connectivity index (χ1n) is 9.15. The Bertz CT molecular complexity index is 1220. The van der Waals surface area contributed by atoms with Crippen LogP contribution in [-0.2, 0) is 21.2 Å². The molecule has 0 aliphatic heterocycles. The molecule has 0 saturated carbocycles. The number of aryl methyl sites for hydroxylation is 1. The minimum Gasteiger partial charge on any atom is -0.494 e. The second-order valence-corrected chi connectivity index (χ2v) is 10.3. The van der Waals surface area contributed by atoms with E-state index in [0.717, 1.165) is 46.0 Å². The molecule has 1 heterocycles. The number of benzene rings is 2. The lowest BCUT2D eigenvalue weighted by atomic mass is 10.3. The molecule has 0 unspecified atom stereocenters. The van der Waals surface area contributed by atoms with Crippen LogP contribution < -0.4 is 9.54 Å². The summed E-state index contributed by atoms with van der Waals surface area (Å²) in [6.07, 6.45) is 1.99. The van der Waals surface area contributed by atoms with Gasteiger partial charge in [-0.1, -0.05) is 11.3 Å². The van der Waals surface area contributed by atoms with Gasteiger partial charge in [0.05, 0.1) is 21.7 Å². The number of fused-ring (bicyclic) bond motifs is 1. The molecule has 0 aliphatic carbocycles. The second-order valence-electron chi connectivity index (χ2n) is 6.31. The molecule has 3 aromatic rings. The van der Waals surface area contributed by atoms with Crippen LogP contribution in [-0.4, -0.2) is 43.3 Å². The molecule has 0 atom stereocenters. The minimum absolute atomic E-state index is 0.111. The number of thioether (sulfide) groups is 1. The maximum atomic E-state index is 13.1. The van der Waals surface area contributed by atoms with Crippen LogP contribution in [0.1, 0.15) is 6.92 Å². The molecule has 160 valence electrons. The standard InChI is InChI=1S/C20H21FN2O4S3/c1-3-27-15-6-9-17-18(12-15)29-20(23(17)10-11-28-2)22-19(24)13-30(25,26)16-7-4-14(21)5-8-16/h4-9,12H,3,10-11,13H2,1-2H3. The van der Waals surface area contributed by atoms with Gasteiger partial charge in [-0.3, -0.25) is 4.79 Å². The van der Waals surface area contributed by atoms with E-state index < -0.39 is 27.3 Å². The van der Waals surface area contributed by atoms with Crippen molar-refractivity contribution in [3.8, 4) is 5.75 Å². The topological polar surface area (TPSA) is 77.7 Å². The Morgan fingerprint density at radius 1 is 1.23 bits per heavy atom. The SMILES string of the molecule is CCOc1ccc2c(c1)sc(=NC(=O)CS(=O)(=O)c1ccc(F)cc1)n2CCSC. The van der Waals surface area contributed by atoms with Crippen molar-refractivity contribution in [2.45, 2.75) is 18.4 Å². The fourth-order valence-electron chi connectivity index (χ4n) is 2.82. The van der Waals surface area contributed by atoms with Crippen molar-refractivity contribution in [3.63, 3.8) is 0 Å². The second kappa shape index (κ2) is 9.76. The predicted molar refractivity (Wildman–Crippen MR) is 118 cm³/mol. The number of thiazole rings is 1. The van der Waals surface area contributed by atoms with Crippen molar-refractivity contribution < 1.29 is 22.3 Å². The van der Waals surface area contributed by atoms with Crippen molar-refractivity contribution in [2.24, 2.45) is 4.99 Å². The first kappa shape index (κ1) is 22.5. The van der Waals surface area contributed by atoms with Gasteiger partial charge in [-0.25, -0.2) is 12.8 Å². The number of aromatic nitrogens is 1. The number of carbonyl (C=O) groups is 1. The summed E-state index contributed by atoms with van der Waals surface area (Å²) in [5.41, 5.74) is 0.908. The van der Waals surface area contributed by atoms with Gasteiger partial charge in [0.1, 0.15) is 17.3 Å². The summed E-state index contributed by atoms with van der Waals surface area (Å²) in [6.45, 7) is 3.07. The molecular weight excluding hydrogens is 447 g/mol. The summed E-state index contributed by atoms with van der Waals surface area (Å²) in [5.74, 6) is -0.557. The Labute approximate surface area is 182 Å². The number of ether oxygens (including phenoxy) is 1. The van der Waals surface area contributed by atoms with Gasteiger partial charge in [-0.05, 0) is 55.6 Å². The summed E-state index contributed by atoms with van der Waals surface area (Å²) in [7, 11) is -3.91. The smallest absolute Gasteiger partial charge is 0.263 e. The highest BCUT2D eigenvalue weighted by molar-refractivity contribution is 7.98. The van der Waals surface area contributed by atoms with Crippen molar-refractivity contribution >= 4 is 49.1 Å². The number of rotatable bonds is 8. The molecule has 0 aliphatic rings. The van der Waals surface area contributed by atoms with Crippen LogP contribution in [0.3, 0.4) is 0 Å². The normalized spacial score (nSPS) is 12.4. The predicted octanol–water partition coefficient (Wildman–Crippen LogP) is 3.50. The van der Waals surface area contributed by atoms with Crippen LogP contribution in [0.2, 0.25) is 0 Å². The highest BCUT2D eigenvalue weighted by Gasteiger charge is 2.19. The van der Waals surface area contributed by atoms with E-state index in [2.05, 4.69) is 4.99 Å². The summed E-state index contributed by atoms with van der Waals surface area (Å²) in [4.78, 5) is 16.9. The molecule has 0 N–H and O–H groups in total. The van der Waals surface area contributed by atoms with Crippen LogP contribution in [0.25, 0.3) is 10.2 Å².